The molecule has 0 fully saturated rings. The number of carbonyl (C=O) groups is 1. The number of rotatable bonds is 3. The van der Waals surface area contributed by atoms with Gasteiger partial charge in [0, 0.05) is 12.3 Å². The van der Waals surface area contributed by atoms with Crippen LogP contribution >= 0.6 is 11.3 Å². The van der Waals surface area contributed by atoms with Crippen LogP contribution in [0.5, 0.6) is 11.5 Å². The molecule has 2 heterocycles. The molecule has 112 valence electrons. The standard InChI is InChI=1S/C18H11NO3S/c20-18(21)14-3-1-2-11-10-12(4-5-13(11)14)22-16-6-8-19-15-7-9-23-17(15)16/h1-10H,(H,20,21). The van der Waals surface area contributed by atoms with Crippen molar-refractivity contribution in [2.24, 2.45) is 0 Å². The third-order valence-electron chi connectivity index (χ3n) is 3.62. The third-order valence-corrected chi connectivity index (χ3v) is 4.54. The van der Waals surface area contributed by atoms with Crippen LogP contribution in [-0.2, 0) is 0 Å². The van der Waals surface area contributed by atoms with Gasteiger partial charge >= 0.3 is 5.97 Å². The smallest absolute Gasteiger partial charge is 0.336 e. The SMILES string of the molecule is O=C(O)c1cccc2cc(Oc3ccnc4ccsc34)ccc12. The summed E-state index contributed by atoms with van der Waals surface area (Å²) in [5.74, 6) is 0.485. The molecule has 0 radical (unpaired) electrons. The number of aromatic carboxylic acids is 1. The van der Waals surface area contributed by atoms with Crippen molar-refractivity contribution in [2.45, 2.75) is 0 Å². The number of pyridine rings is 1. The van der Waals surface area contributed by atoms with Crippen molar-refractivity contribution in [3.63, 3.8) is 0 Å². The van der Waals surface area contributed by atoms with Gasteiger partial charge in [-0.05, 0) is 46.5 Å². The Bertz CT molecular complexity index is 1040. The summed E-state index contributed by atoms with van der Waals surface area (Å²) in [5, 5.41) is 12.8. The Balaban J connectivity index is 1.78. The Labute approximate surface area is 135 Å². The Morgan fingerprint density at radius 2 is 2.04 bits per heavy atom. The van der Waals surface area contributed by atoms with Crippen molar-refractivity contribution in [1.29, 1.82) is 0 Å². The largest absolute Gasteiger partial charge is 0.478 e. The predicted octanol–water partition coefficient (Wildman–Crippen LogP) is 4.94. The highest BCUT2D eigenvalue weighted by molar-refractivity contribution is 7.17. The van der Waals surface area contributed by atoms with Gasteiger partial charge in [-0.2, -0.15) is 0 Å². The lowest BCUT2D eigenvalue weighted by molar-refractivity contribution is 0.0699. The van der Waals surface area contributed by atoms with E-state index in [1.807, 2.05) is 29.6 Å². The Kier molecular flexibility index (Phi) is 3.20. The zero-order valence-corrected chi connectivity index (χ0v) is 12.7. The maximum Gasteiger partial charge on any atom is 0.336 e. The fourth-order valence-electron chi connectivity index (χ4n) is 2.57. The highest BCUT2D eigenvalue weighted by Crippen LogP contribution is 2.33. The van der Waals surface area contributed by atoms with Crippen LogP contribution in [0.25, 0.3) is 21.0 Å². The summed E-state index contributed by atoms with van der Waals surface area (Å²) in [4.78, 5) is 15.6. The monoisotopic (exact) mass is 321 g/mol. The van der Waals surface area contributed by atoms with Gasteiger partial charge in [0.15, 0.2) is 0 Å². The fraction of sp³-hybridized carbons (Fsp3) is 0. The molecule has 5 heteroatoms. The number of aromatic nitrogens is 1. The quantitative estimate of drug-likeness (QED) is 0.580. The molecule has 0 aliphatic rings. The van der Waals surface area contributed by atoms with Gasteiger partial charge in [-0.25, -0.2) is 4.79 Å². The number of thiophene rings is 1. The lowest BCUT2D eigenvalue weighted by atomic mass is 10.0. The van der Waals surface area contributed by atoms with Gasteiger partial charge in [0.05, 0.1) is 15.8 Å². The molecule has 4 aromatic rings. The number of hydrogen-bond acceptors (Lipinski definition) is 4. The van der Waals surface area contributed by atoms with Crippen molar-refractivity contribution in [2.75, 3.05) is 0 Å². The summed E-state index contributed by atoms with van der Waals surface area (Å²) in [6.45, 7) is 0. The Morgan fingerprint density at radius 3 is 2.91 bits per heavy atom. The van der Waals surface area contributed by atoms with E-state index in [-0.39, 0.29) is 0 Å². The molecular weight excluding hydrogens is 310 g/mol. The number of ether oxygens (including phenoxy) is 1. The summed E-state index contributed by atoms with van der Waals surface area (Å²) >= 11 is 1.58. The molecule has 1 N–H and O–H groups in total. The Hall–Kier alpha value is -2.92. The highest BCUT2D eigenvalue weighted by Gasteiger charge is 2.10. The molecule has 0 saturated carbocycles. The van der Waals surface area contributed by atoms with Crippen LogP contribution in [-0.4, -0.2) is 16.1 Å². The van der Waals surface area contributed by atoms with Crippen molar-refractivity contribution >= 4 is 38.3 Å². The van der Waals surface area contributed by atoms with Crippen molar-refractivity contribution in [1.82, 2.24) is 4.98 Å². The maximum atomic E-state index is 11.3. The van der Waals surface area contributed by atoms with Gasteiger partial charge in [0.1, 0.15) is 11.5 Å². The molecule has 0 aliphatic heterocycles. The molecule has 0 unspecified atom stereocenters. The van der Waals surface area contributed by atoms with Gasteiger partial charge in [-0.15, -0.1) is 11.3 Å². The van der Waals surface area contributed by atoms with E-state index in [1.165, 1.54) is 0 Å². The van der Waals surface area contributed by atoms with Crippen LogP contribution in [0.4, 0.5) is 0 Å². The highest BCUT2D eigenvalue weighted by atomic mass is 32.1. The van der Waals surface area contributed by atoms with E-state index >= 15 is 0 Å². The number of fused-ring (bicyclic) bond motifs is 2. The van der Waals surface area contributed by atoms with E-state index in [9.17, 15) is 9.90 Å². The molecule has 2 aromatic heterocycles. The lowest BCUT2D eigenvalue weighted by Gasteiger charge is -2.08. The molecule has 0 bridgehead atoms. The van der Waals surface area contributed by atoms with Crippen LogP contribution in [0.1, 0.15) is 10.4 Å². The Morgan fingerprint density at radius 1 is 1.13 bits per heavy atom. The zero-order chi connectivity index (χ0) is 15.8. The molecule has 0 spiro atoms. The molecule has 4 rings (SSSR count). The van der Waals surface area contributed by atoms with Gasteiger partial charge in [0.2, 0.25) is 0 Å². The molecule has 23 heavy (non-hydrogen) atoms. The van der Waals surface area contributed by atoms with E-state index in [4.69, 9.17) is 4.74 Å². The average molecular weight is 321 g/mol. The molecule has 0 atom stereocenters. The minimum absolute atomic E-state index is 0.290. The second-order valence-electron chi connectivity index (χ2n) is 5.04. The van der Waals surface area contributed by atoms with Crippen LogP contribution < -0.4 is 4.74 Å². The van der Waals surface area contributed by atoms with E-state index in [0.717, 1.165) is 21.4 Å². The normalized spacial score (nSPS) is 11.0. The summed E-state index contributed by atoms with van der Waals surface area (Å²) < 4.78 is 6.97. The number of benzene rings is 2. The summed E-state index contributed by atoms with van der Waals surface area (Å²) in [7, 11) is 0. The van der Waals surface area contributed by atoms with Gasteiger partial charge < -0.3 is 9.84 Å². The van der Waals surface area contributed by atoms with Crippen molar-refractivity contribution in [3.05, 3.63) is 65.7 Å². The number of hydrogen-bond donors (Lipinski definition) is 1. The van der Waals surface area contributed by atoms with Gasteiger partial charge in [-0.3, -0.25) is 4.98 Å². The predicted molar refractivity (Wildman–Crippen MR) is 90.6 cm³/mol. The van der Waals surface area contributed by atoms with Crippen LogP contribution in [0.15, 0.2) is 60.1 Å². The van der Waals surface area contributed by atoms with Crippen molar-refractivity contribution in [3.8, 4) is 11.5 Å². The first kappa shape index (κ1) is 13.7. The summed E-state index contributed by atoms with van der Waals surface area (Å²) in [6, 6.07) is 14.4. The first-order chi connectivity index (χ1) is 11.2. The zero-order valence-electron chi connectivity index (χ0n) is 11.9. The van der Waals surface area contributed by atoms with E-state index in [2.05, 4.69) is 4.98 Å². The minimum atomic E-state index is -0.932. The topological polar surface area (TPSA) is 59.4 Å². The summed E-state index contributed by atoms with van der Waals surface area (Å²) in [5.41, 5.74) is 1.19. The second kappa shape index (κ2) is 5.37. The number of carboxylic acids is 1. The molecule has 0 aliphatic carbocycles. The van der Waals surface area contributed by atoms with E-state index in [0.29, 0.717) is 16.7 Å². The molecular formula is C18H11NO3S. The van der Waals surface area contributed by atoms with E-state index < -0.39 is 5.97 Å². The second-order valence-corrected chi connectivity index (χ2v) is 5.96. The first-order valence-electron chi connectivity index (χ1n) is 6.98. The molecule has 0 saturated heterocycles. The summed E-state index contributed by atoms with van der Waals surface area (Å²) in [6.07, 6.45) is 1.72. The van der Waals surface area contributed by atoms with E-state index in [1.54, 1.807) is 41.8 Å². The fourth-order valence-corrected chi connectivity index (χ4v) is 3.37. The molecule has 0 amide bonds. The van der Waals surface area contributed by atoms with Crippen molar-refractivity contribution < 1.29 is 14.6 Å². The number of carboxylic acid groups (broad SMARTS) is 1. The maximum absolute atomic E-state index is 11.3. The lowest BCUT2D eigenvalue weighted by Crippen LogP contribution is -1.97. The van der Waals surface area contributed by atoms with Crippen LogP contribution in [0, 0.1) is 0 Å². The van der Waals surface area contributed by atoms with Crippen LogP contribution in [0.3, 0.4) is 0 Å². The van der Waals surface area contributed by atoms with Crippen LogP contribution in [0.2, 0.25) is 0 Å². The number of nitrogens with zero attached hydrogens (tertiary/aromatic N) is 1. The molecule has 2 aromatic carbocycles. The van der Waals surface area contributed by atoms with Gasteiger partial charge in [0.25, 0.3) is 0 Å². The third kappa shape index (κ3) is 2.41. The average Bonchev–Trinajstić information content (AvgIpc) is 3.03. The molecule has 4 nitrogen and oxygen atoms in total. The minimum Gasteiger partial charge on any atom is -0.478 e. The van der Waals surface area contributed by atoms with Gasteiger partial charge in [-0.1, -0.05) is 12.1 Å². The first-order valence-corrected chi connectivity index (χ1v) is 7.86.